The molecule has 1 saturated heterocycles. The van der Waals surface area contributed by atoms with Gasteiger partial charge in [0.1, 0.15) is 0 Å². The quantitative estimate of drug-likeness (QED) is 0.749. The standard InChI is InChI=1S/C12H23NO2/c1-10-2-4-11(5-3-10)13-6-7-15-12(8-13)9-14/h10-12,14H,2-9H2,1H3. The van der Waals surface area contributed by atoms with Crippen LogP contribution in [0.25, 0.3) is 0 Å². The molecule has 15 heavy (non-hydrogen) atoms. The SMILES string of the molecule is CC1CCC(N2CCOC(CO)C2)CC1. The zero-order chi connectivity index (χ0) is 10.7. The van der Waals surface area contributed by atoms with E-state index >= 15 is 0 Å². The maximum Gasteiger partial charge on any atom is 0.0932 e. The monoisotopic (exact) mass is 213 g/mol. The number of rotatable bonds is 2. The van der Waals surface area contributed by atoms with E-state index in [1.165, 1.54) is 25.7 Å². The van der Waals surface area contributed by atoms with Gasteiger partial charge in [-0.3, -0.25) is 4.90 Å². The summed E-state index contributed by atoms with van der Waals surface area (Å²) in [6.07, 6.45) is 5.45. The molecule has 0 aromatic rings. The number of aliphatic hydroxyl groups excluding tert-OH is 1. The van der Waals surface area contributed by atoms with Crippen LogP contribution in [-0.2, 0) is 4.74 Å². The smallest absolute Gasteiger partial charge is 0.0932 e. The molecule has 3 nitrogen and oxygen atoms in total. The van der Waals surface area contributed by atoms with Gasteiger partial charge in [-0.05, 0) is 31.6 Å². The Morgan fingerprint density at radius 1 is 1.27 bits per heavy atom. The van der Waals surface area contributed by atoms with E-state index in [-0.39, 0.29) is 12.7 Å². The molecule has 0 bridgehead atoms. The van der Waals surface area contributed by atoms with Crippen molar-refractivity contribution in [2.24, 2.45) is 5.92 Å². The van der Waals surface area contributed by atoms with Gasteiger partial charge in [0.2, 0.25) is 0 Å². The molecule has 1 atom stereocenters. The molecule has 3 heteroatoms. The maximum absolute atomic E-state index is 9.10. The summed E-state index contributed by atoms with van der Waals surface area (Å²) in [7, 11) is 0. The van der Waals surface area contributed by atoms with Crippen LogP contribution in [0.2, 0.25) is 0 Å². The molecule has 2 rings (SSSR count). The summed E-state index contributed by atoms with van der Waals surface area (Å²) >= 11 is 0. The van der Waals surface area contributed by atoms with Gasteiger partial charge in [0.25, 0.3) is 0 Å². The summed E-state index contributed by atoms with van der Waals surface area (Å²) < 4.78 is 5.48. The fourth-order valence-electron chi connectivity index (χ4n) is 2.79. The zero-order valence-corrected chi connectivity index (χ0v) is 9.69. The van der Waals surface area contributed by atoms with Gasteiger partial charge in [0.05, 0.1) is 19.3 Å². The molecule has 0 amide bonds. The van der Waals surface area contributed by atoms with Crippen molar-refractivity contribution in [1.82, 2.24) is 4.90 Å². The third-order valence-electron chi connectivity index (χ3n) is 3.88. The van der Waals surface area contributed by atoms with E-state index in [9.17, 15) is 0 Å². The highest BCUT2D eigenvalue weighted by Gasteiger charge is 2.28. The van der Waals surface area contributed by atoms with Crippen LogP contribution in [0.5, 0.6) is 0 Å². The molecule has 1 N–H and O–H groups in total. The Hall–Kier alpha value is -0.120. The number of hydrogen-bond acceptors (Lipinski definition) is 3. The first kappa shape index (κ1) is 11.4. The number of morpholine rings is 1. The second kappa shape index (κ2) is 5.28. The van der Waals surface area contributed by atoms with E-state index < -0.39 is 0 Å². The molecule has 2 aliphatic rings. The van der Waals surface area contributed by atoms with E-state index in [0.29, 0.717) is 0 Å². The first-order chi connectivity index (χ1) is 7.29. The Balaban J connectivity index is 1.82. The molecular formula is C12H23NO2. The largest absolute Gasteiger partial charge is 0.394 e. The summed E-state index contributed by atoms with van der Waals surface area (Å²) in [6.45, 7) is 5.29. The van der Waals surface area contributed by atoms with Crippen molar-refractivity contribution in [3.05, 3.63) is 0 Å². The molecule has 0 aromatic heterocycles. The Bertz CT molecular complexity index is 190. The number of hydrogen-bond donors (Lipinski definition) is 1. The van der Waals surface area contributed by atoms with Gasteiger partial charge in [-0.15, -0.1) is 0 Å². The van der Waals surface area contributed by atoms with Crippen molar-refractivity contribution in [2.75, 3.05) is 26.3 Å². The van der Waals surface area contributed by atoms with Crippen molar-refractivity contribution in [3.8, 4) is 0 Å². The number of nitrogens with zero attached hydrogens (tertiary/aromatic N) is 1. The lowest BCUT2D eigenvalue weighted by Gasteiger charge is -2.40. The average molecular weight is 213 g/mol. The molecule has 1 saturated carbocycles. The van der Waals surface area contributed by atoms with Crippen LogP contribution in [0, 0.1) is 5.92 Å². The van der Waals surface area contributed by atoms with Crippen LogP contribution in [0.15, 0.2) is 0 Å². The van der Waals surface area contributed by atoms with Gasteiger partial charge in [0, 0.05) is 19.1 Å². The molecule has 1 aliphatic heterocycles. The molecule has 0 spiro atoms. The predicted octanol–water partition coefficient (Wildman–Crippen LogP) is 1.26. The van der Waals surface area contributed by atoms with Gasteiger partial charge >= 0.3 is 0 Å². The summed E-state index contributed by atoms with van der Waals surface area (Å²) in [6, 6.07) is 0.749. The van der Waals surface area contributed by atoms with Crippen LogP contribution in [0.1, 0.15) is 32.6 Å². The van der Waals surface area contributed by atoms with Crippen molar-refractivity contribution in [3.63, 3.8) is 0 Å². The first-order valence-electron chi connectivity index (χ1n) is 6.26. The van der Waals surface area contributed by atoms with Crippen LogP contribution in [0.3, 0.4) is 0 Å². The molecule has 2 fully saturated rings. The minimum Gasteiger partial charge on any atom is -0.394 e. The average Bonchev–Trinajstić information content (AvgIpc) is 2.30. The molecule has 1 heterocycles. The second-order valence-corrected chi connectivity index (χ2v) is 5.08. The van der Waals surface area contributed by atoms with Crippen molar-refractivity contribution >= 4 is 0 Å². The van der Waals surface area contributed by atoms with E-state index in [0.717, 1.165) is 31.7 Å². The lowest BCUT2D eigenvalue weighted by Crippen LogP contribution is -2.49. The third kappa shape index (κ3) is 2.92. The zero-order valence-electron chi connectivity index (χ0n) is 9.69. The Labute approximate surface area is 92.4 Å². The highest BCUT2D eigenvalue weighted by Crippen LogP contribution is 2.27. The second-order valence-electron chi connectivity index (χ2n) is 5.08. The van der Waals surface area contributed by atoms with Crippen LogP contribution in [-0.4, -0.2) is 48.5 Å². The van der Waals surface area contributed by atoms with Crippen LogP contribution >= 0.6 is 0 Å². The fraction of sp³-hybridized carbons (Fsp3) is 1.00. The molecule has 1 aliphatic carbocycles. The number of ether oxygens (including phenoxy) is 1. The minimum atomic E-state index is 0.0538. The van der Waals surface area contributed by atoms with Gasteiger partial charge in [0.15, 0.2) is 0 Å². The molecule has 1 unspecified atom stereocenters. The van der Waals surface area contributed by atoms with E-state index in [1.54, 1.807) is 0 Å². The number of aliphatic hydroxyl groups is 1. The maximum atomic E-state index is 9.10. The van der Waals surface area contributed by atoms with Gasteiger partial charge in [-0.1, -0.05) is 6.92 Å². The normalized spacial score (nSPS) is 39.2. The predicted molar refractivity (Wildman–Crippen MR) is 59.8 cm³/mol. The van der Waals surface area contributed by atoms with Crippen LogP contribution < -0.4 is 0 Å². The van der Waals surface area contributed by atoms with Gasteiger partial charge < -0.3 is 9.84 Å². The molecular weight excluding hydrogens is 190 g/mol. The third-order valence-corrected chi connectivity index (χ3v) is 3.88. The highest BCUT2D eigenvalue weighted by molar-refractivity contribution is 4.82. The highest BCUT2D eigenvalue weighted by atomic mass is 16.5. The Morgan fingerprint density at radius 3 is 2.67 bits per heavy atom. The van der Waals surface area contributed by atoms with E-state index in [4.69, 9.17) is 9.84 Å². The summed E-state index contributed by atoms with van der Waals surface area (Å²) in [5.74, 6) is 0.913. The summed E-state index contributed by atoms with van der Waals surface area (Å²) in [5, 5.41) is 9.10. The van der Waals surface area contributed by atoms with Crippen LogP contribution in [0.4, 0.5) is 0 Å². The molecule has 0 aromatic carbocycles. The fourth-order valence-corrected chi connectivity index (χ4v) is 2.79. The summed E-state index contributed by atoms with van der Waals surface area (Å²) in [5.41, 5.74) is 0. The topological polar surface area (TPSA) is 32.7 Å². The lowest BCUT2D eigenvalue weighted by molar-refractivity contribution is -0.0696. The van der Waals surface area contributed by atoms with E-state index in [2.05, 4.69) is 11.8 Å². The Kier molecular flexibility index (Phi) is 4.00. The van der Waals surface area contributed by atoms with Gasteiger partial charge in [-0.25, -0.2) is 0 Å². The van der Waals surface area contributed by atoms with Gasteiger partial charge in [-0.2, -0.15) is 0 Å². The first-order valence-corrected chi connectivity index (χ1v) is 6.26. The Morgan fingerprint density at radius 2 is 2.00 bits per heavy atom. The van der Waals surface area contributed by atoms with E-state index in [1.807, 2.05) is 0 Å². The van der Waals surface area contributed by atoms with Crippen molar-refractivity contribution in [1.29, 1.82) is 0 Å². The molecule has 88 valence electrons. The summed E-state index contributed by atoms with van der Waals surface area (Å²) in [4.78, 5) is 2.52. The van der Waals surface area contributed by atoms with Crippen molar-refractivity contribution < 1.29 is 9.84 Å². The van der Waals surface area contributed by atoms with Crippen molar-refractivity contribution in [2.45, 2.75) is 44.8 Å². The lowest BCUT2D eigenvalue weighted by atomic mass is 9.86. The minimum absolute atomic E-state index is 0.0538. The molecule has 0 radical (unpaired) electrons.